The van der Waals surface area contributed by atoms with Gasteiger partial charge in [-0.3, -0.25) is 9.59 Å². The molecular formula is C15H20FNO3. The Morgan fingerprint density at radius 1 is 1.20 bits per heavy atom. The third-order valence-corrected chi connectivity index (χ3v) is 2.81. The highest BCUT2D eigenvalue weighted by Gasteiger charge is 2.27. The average molecular weight is 281 g/mol. The lowest BCUT2D eigenvalue weighted by molar-refractivity contribution is -0.142. The zero-order chi connectivity index (χ0) is 15.3. The topological polar surface area (TPSA) is 57.6 Å². The third-order valence-electron chi connectivity index (χ3n) is 2.81. The van der Waals surface area contributed by atoms with Gasteiger partial charge in [-0.25, -0.2) is 4.39 Å². The van der Waals surface area contributed by atoms with Crippen molar-refractivity contribution in [3.05, 3.63) is 35.6 Å². The number of carbonyl (C=O) groups excluding carboxylic acids is 1. The molecule has 0 spiro atoms. The number of halogens is 1. The Hall–Kier alpha value is -1.91. The van der Waals surface area contributed by atoms with Gasteiger partial charge in [-0.15, -0.1) is 0 Å². The van der Waals surface area contributed by atoms with E-state index < -0.39 is 11.4 Å². The Bertz CT molecular complexity index is 477. The smallest absolute Gasteiger partial charge is 0.305 e. The van der Waals surface area contributed by atoms with E-state index in [1.165, 1.54) is 17.0 Å². The Morgan fingerprint density at radius 3 is 2.20 bits per heavy atom. The molecule has 0 fully saturated rings. The highest BCUT2D eigenvalue weighted by atomic mass is 19.1. The zero-order valence-corrected chi connectivity index (χ0v) is 12.0. The number of aliphatic carboxylic acids is 1. The van der Waals surface area contributed by atoms with Gasteiger partial charge in [-0.2, -0.15) is 0 Å². The van der Waals surface area contributed by atoms with Crippen LogP contribution in [-0.4, -0.2) is 28.4 Å². The van der Waals surface area contributed by atoms with Crippen LogP contribution in [0.15, 0.2) is 24.3 Å². The van der Waals surface area contributed by atoms with Crippen molar-refractivity contribution < 1.29 is 19.1 Å². The summed E-state index contributed by atoms with van der Waals surface area (Å²) in [6.45, 7) is 5.78. The van der Waals surface area contributed by atoms with Crippen molar-refractivity contribution in [3.8, 4) is 0 Å². The first-order valence-corrected chi connectivity index (χ1v) is 6.46. The molecule has 0 atom stereocenters. The van der Waals surface area contributed by atoms with Gasteiger partial charge >= 0.3 is 5.97 Å². The maximum atomic E-state index is 12.9. The summed E-state index contributed by atoms with van der Waals surface area (Å²) >= 11 is 0. The van der Waals surface area contributed by atoms with Crippen LogP contribution in [-0.2, 0) is 16.1 Å². The summed E-state index contributed by atoms with van der Waals surface area (Å²) in [6, 6.07) is 5.84. The summed E-state index contributed by atoms with van der Waals surface area (Å²) in [7, 11) is 0. The van der Waals surface area contributed by atoms with Crippen molar-refractivity contribution in [2.24, 2.45) is 5.41 Å². The summed E-state index contributed by atoms with van der Waals surface area (Å²) in [6.07, 6.45) is -0.108. The summed E-state index contributed by atoms with van der Waals surface area (Å²) < 4.78 is 12.9. The largest absolute Gasteiger partial charge is 0.481 e. The molecule has 20 heavy (non-hydrogen) atoms. The average Bonchev–Trinajstić information content (AvgIpc) is 2.34. The van der Waals surface area contributed by atoms with E-state index in [1.54, 1.807) is 32.9 Å². The molecule has 110 valence electrons. The molecule has 5 heteroatoms. The maximum Gasteiger partial charge on any atom is 0.305 e. The van der Waals surface area contributed by atoms with Gasteiger partial charge in [0.1, 0.15) is 5.82 Å². The molecule has 1 rings (SSSR count). The first-order chi connectivity index (χ1) is 9.20. The summed E-state index contributed by atoms with van der Waals surface area (Å²) in [4.78, 5) is 24.5. The van der Waals surface area contributed by atoms with Crippen molar-refractivity contribution in [1.82, 2.24) is 4.90 Å². The van der Waals surface area contributed by atoms with E-state index in [4.69, 9.17) is 5.11 Å². The highest BCUT2D eigenvalue weighted by Crippen LogP contribution is 2.19. The van der Waals surface area contributed by atoms with E-state index in [0.717, 1.165) is 5.56 Å². The Labute approximate surface area is 118 Å². The standard InChI is InChI=1S/C15H20FNO3/c1-15(2,3)14(20)17(9-8-13(18)19)10-11-4-6-12(16)7-5-11/h4-7H,8-10H2,1-3H3,(H,18,19). The van der Waals surface area contributed by atoms with Gasteiger partial charge < -0.3 is 10.0 Å². The fraction of sp³-hybridized carbons (Fsp3) is 0.467. The lowest BCUT2D eigenvalue weighted by atomic mass is 9.94. The minimum absolute atomic E-state index is 0.108. The lowest BCUT2D eigenvalue weighted by Crippen LogP contribution is -2.40. The van der Waals surface area contributed by atoms with E-state index in [1.807, 2.05) is 0 Å². The number of hydrogen-bond donors (Lipinski definition) is 1. The predicted octanol–water partition coefficient (Wildman–Crippen LogP) is 2.68. The van der Waals surface area contributed by atoms with Gasteiger partial charge in [0.15, 0.2) is 0 Å². The van der Waals surface area contributed by atoms with Crippen LogP contribution < -0.4 is 0 Å². The fourth-order valence-corrected chi connectivity index (χ4v) is 1.77. The molecule has 0 aliphatic carbocycles. The van der Waals surface area contributed by atoms with Crippen molar-refractivity contribution in [2.75, 3.05) is 6.54 Å². The van der Waals surface area contributed by atoms with Gasteiger partial charge in [-0.05, 0) is 17.7 Å². The van der Waals surface area contributed by atoms with Gasteiger partial charge in [0.2, 0.25) is 5.91 Å². The van der Waals surface area contributed by atoms with E-state index in [-0.39, 0.29) is 31.2 Å². The molecule has 0 aliphatic rings. The first-order valence-electron chi connectivity index (χ1n) is 6.46. The third kappa shape index (κ3) is 4.99. The van der Waals surface area contributed by atoms with Crippen LogP contribution in [0.4, 0.5) is 4.39 Å². The molecule has 1 N–H and O–H groups in total. The van der Waals surface area contributed by atoms with Crippen molar-refractivity contribution >= 4 is 11.9 Å². The summed E-state index contributed by atoms with van der Waals surface area (Å²) in [5, 5.41) is 8.76. The molecule has 0 heterocycles. The molecule has 1 aromatic rings. The number of hydrogen-bond acceptors (Lipinski definition) is 2. The second-order valence-electron chi connectivity index (χ2n) is 5.75. The minimum Gasteiger partial charge on any atom is -0.481 e. The number of carboxylic acids is 1. The molecule has 0 aliphatic heterocycles. The van der Waals surface area contributed by atoms with Crippen LogP contribution in [0.3, 0.4) is 0 Å². The monoisotopic (exact) mass is 281 g/mol. The number of carbonyl (C=O) groups is 2. The van der Waals surface area contributed by atoms with Crippen LogP contribution >= 0.6 is 0 Å². The molecule has 1 amide bonds. The predicted molar refractivity (Wildman–Crippen MR) is 73.5 cm³/mol. The van der Waals surface area contributed by atoms with Crippen molar-refractivity contribution in [2.45, 2.75) is 33.7 Å². The summed E-state index contributed by atoms with van der Waals surface area (Å²) in [5.41, 5.74) is 0.188. The molecule has 0 aromatic heterocycles. The van der Waals surface area contributed by atoms with Crippen LogP contribution in [0.2, 0.25) is 0 Å². The number of amides is 1. The Morgan fingerprint density at radius 2 is 1.75 bits per heavy atom. The Balaban J connectivity index is 2.84. The van der Waals surface area contributed by atoms with Crippen LogP contribution in [0.5, 0.6) is 0 Å². The van der Waals surface area contributed by atoms with Gasteiger partial charge in [0, 0.05) is 18.5 Å². The molecule has 0 saturated carbocycles. The lowest BCUT2D eigenvalue weighted by Gasteiger charge is -2.29. The van der Waals surface area contributed by atoms with E-state index >= 15 is 0 Å². The minimum atomic E-state index is -0.948. The van der Waals surface area contributed by atoms with Crippen LogP contribution in [0.1, 0.15) is 32.8 Å². The first kappa shape index (κ1) is 16.1. The number of benzene rings is 1. The molecule has 0 radical (unpaired) electrons. The highest BCUT2D eigenvalue weighted by molar-refractivity contribution is 5.82. The number of rotatable bonds is 5. The van der Waals surface area contributed by atoms with E-state index in [0.29, 0.717) is 0 Å². The van der Waals surface area contributed by atoms with Crippen LogP contribution in [0, 0.1) is 11.2 Å². The molecule has 0 saturated heterocycles. The Kier molecular flexibility index (Phi) is 5.25. The zero-order valence-electron chi connectivity index (χ0n) is 12.0. The molecule has 1 aromatic carbocycles. The van der Waals surface area contributed by atoms with Crippen molar-refractivity contribution in [3.63, 3.8) is 0 Å². The van der Waals surface area contributed by atoms with Gasteiger partial charge in [-0.1, -0.05) is 32.9 Å². The molecule has 0 unspecified atom stereocenters. The maximum absolute atomic E-state index is 12.9. The quantitative estimate of drug-likeness (QED) is 0.902. The van der Waals surface area contributed by atoms with Crippen LogP contribution in [0.25, 0.3) is 0 Å². The molecular weight excluding hydrogens is 261 g/mol. The SMILES string of the molecule is CC(C)(C)C(=O)N(CCC(=O)O)Cc1ccc(F)cc1. The van der Waals surface area contributed by atoms with E-state index in [2.05, 4.69) is 0 Å². The van der Waals surface area contributed by atoms with Gasteiger partial charge in [0.05, 0.1) is 6.42 Å². The normalized spacial score (nSPS) is 11.2. The van der Waals surface area contributed by atoms with Crippen molar-refractivity contribution in [1.29, 1.82) is 0 Å². The number of nitrogens with zero attached hydrogens (tertiary/aromatic N) is 1. The summed E-state index contributed by atoms with van der Waals surface area (Å²) in [5.74, 6) is -1.41. The second-order valence-corrected chi connectivity index (χ2v) is 5.75. The number of carboxylic acid groups (broad SMARTS) is 1. The molecule has 0 bridgehead atoms. The molecule has 4 nitrogen and oxygen atoms in total. The van der Waals surface area contributed by atoms with E-state index in [9.17, 15) is 14.0 Å². The van der Waals surface area contributed by atoms with Gasteiger partial charge in [0.25, 0.3) is 0 Å². The fourth-order valence-electron chi connectivity index (χ4n) is 1.77. The second kappa shape index (κ2) is 6.50.